The highest BCUT2D eigenvalue weighted by Crippen LogP contribution is 2.09. The van der Waals surface area contributed by atoms with E-state index in [1.54, 1.807) is 24.3 Å². The smallest absolute Gasteiger partial charge is 0.255 e. The molecule has 0 saturated heterocycles. The number of rotatable bonds is 6. The van der Waals surface area contributed by atoms with Gasteiger partial charge in [-0.3, -0.25) is 4.79 Å². The molecule has 1 amide bonds. The van der Waals surface area contributed by atoms with Crippen LogP contribution in [-0.2, 0) is 14.8 Å². The zero-order chi connectivity index (χ0) is 16.0. The van der Waals surface area contributed by atoms with Crippen molar-refractivity contribution in [2.24, 2.45) is 5.10 Å². The first-order chi connectivity index (χ1) is 10.5. The predicted octanol–water partition coefficient (Wildman–Crippen LogP) is 1.02. The quantitative estimate of drug-likeness (QED) is 0.612. The molecule has 2 rings (SSSR count). The minimum atomic E-state index is -3.72. The van der Waals surface area contributed by atoms with Crippen molar-refractivity contribution < 1.29 is 17.6 Å². The Morgan fingerprint density at radius 3 is 2.64 bits per heavy atom. The minimum absolute atomic E-state index is 0.102. The van der Waals surface area contributed by atoms with Gasteiger partial charge in [0.05, 0.1) is 23.9 Å². The normalized spacial score (nSPS) is 11.7. The molecule has 2 N–H and O–H groups in total. The highest BCUT2D eigenvalue weighted by atomic mass is 32.2. The fourth-order valence-corrected chi connectivity index (χ4v) is 2.52. The van der Waals surface area contributed by atoms with Crippen molar-refractivity contribution in [3.8, 4) is 0 Å². The number of hydrogen-bond acceptors (Lipinski definition) is 5. The summed E-state index contributed by atoms with van der Waals surface area (Å²) in [4.78, 5) is 11.6. The third kappa shape index (κ3) is 4.54. The lowest BCUT2D eigenvalue weighted by atomic mass is 10.2. The number of amides is 1. The molecule has 7 nitrogen and oxygen atoms in total. The first kappa shape index (κ1) is 15.9. The lowest BCUT2D eigenvalue weighted by molar-refractivity contribution is -0.119. The largest absolute Gasteiger partial charge is 0.463 e. The zero-order valence-electron chi connectivity index (χ0n) is 11.8. The summed E-state index contributed by atoms with van der Waals surface area (Å²) in [6.07, 6.45) is 2.78. The molecule has 1 aromatic carbocycles. The maximum absolute atomic E-state index is 12.0. The third-order valence-electron chi connectivity index (χ3n) is 2.68. The number of hydrogen-bond donors (Lipinski definition) is 2. The first-order valence-corrected chi connectivity index (χ1v) is 7.87. The van der Waals surface area contributed by atoms with Gasteiger partial charge in [-0.15, -0.1) is 0 Å². The van der Waals surface area contributed by atoms with E-state index in [4.69, 9.17) is 4.42 Å². The van der Waals surface area contributed by atoms with E-state index in [2.05, 4.69) is 15.2 Å². The molecule has 0 aliphatic rings. The van der Waals surface area contributed by atoms with Crippen LogP contribution in [0.5, 0.6) is 0 Å². The van der Waals surface area contributed by atoms with Crippen molar-refractivity contribution >= 4 is 22.1 Å². The SMILES string of the molecule is Cc1ccc(S(=O)(=O)NCC(=O)NN=Cc2ccco2)cc1. The summed E-state index contributed by atoms with van der Waals surface area (Å²) in [6, 6.07) is 9.66. The minimum Gasteiger partial charge on any atom is -0.463 e. The molecular formula is C14H15N3O4S. The molecule has 116 valence electrons. The molecule has 0 bridgehead atoms. The van der Waals surface area contributed by atoms with Crippen LogP contribution in [-0.4, -0.2) is 27.1 Å². The van der Waals surface area contributed by atoms with E-state index in [9.17, 15) is 13.2 Å². The van der Waals surface area contributed by atoms with Crippen LogP contribution in [0.25, 0.3) is 0 Å². The van der Waals surface area contributed by atoms with Gasteiger partial charge in [-0.2, -0.15) is 5.10 Å². The lowest BCUT2D eigenvalue weighted by Crippen LogP contribution is -2.34. The molecule has 0 aliphatic carbocycles. The summed E-state index contributed by atoms with van der Waals surface area (Å²) >= 11 is 0. The average Bonchev–Trinajstić information content (AvgIpc) is 2.99. The second-order valence-corrected chi connectivity index (χ2v) is 6.21. The molecule has 0 aliphatic heterocycles. The van der Waals surface area contributed by atoms with E-state index >= 15 is 0 Å². The van der Waals surface area contributed by atoms with Crippen molar-refractivity contribution in [3.63, 3.8) is 0 Å². The molecule has 0 radical (unpaired) electrons. The number of sulfonamides is 1. The Hall–Kier alpha value is -2.45. The van der Waals surface area contributed by atoms with Gasteiger partial charge in [-0.05, 0) is 31.2 Å². The van der Waals surface area contributed by atoms with Crippen molar-refractivity contribution in [1.82, 2.24) is 10.1 Å². The summed E-state index contributed by atoms with van der Waals surface area (Å²) in [5.41, 5.74) is 3.15. The van der Waals surface area contributed by atoms with E-state index in [-0.39, 0.29) is 4.90 Å². The standard InChI is InChI=1S/C14H15N3O4S/c1-11-4-6-13(7-5-11)22(19,20)16-10-14(18)17-15-9-12-3-2-8-21-12/h2-9,16H,10H2,1H3,(H,17,18). The van der Waals surface area contributed by atoms with Crippen LogP contribution in [0.3, 0.4) is 0 Å². The first-order valence-electron chi connectivity index (χ1n) is 6.39. The molecule has 0 spiro atoms. The molecule has 0 fully saturated rings. The van der Waals surface area contributed by atoms with Gasteiger partial charge < -0.3 is 4.42 Å². The van der Waals surface area contributed by atoms with Crippen molar-refractivity contribution in [3.05, 3.63) is 54.0 Å². The topological polar surface area (TPSA) is 101 Å². The molecule has 22 heavy (non-hydrogen) atoms. The van der Waals surface area contributed by atoms with Crippen molar-refractivity contribution in [2.45, 2.75) is 11.8 Å². The zero-order valence-corrected chi connectivity index (χ0v) is 12.6. The van der Waals surface area contributed by atoms with E-state index in [1.165, 1.54) is 24.6 Å². The number of furan rings is 1. The van der Waals surface area contributed by atoms with Crippen LogP contribution in [0.2, 0.25) is 0 Å². The van der Waals surface area contributed by atoms with E-state index in [0.29, 0.717) is 5.76 Å². The third-order valence-corrected chi connectivity index (χ3v) is 4.10. The molecular weight excluding hydrogens is 306 g/mol. The average molecular weight is 321 g/mol. The summed E-state index contributed by atoms with van der Waals surface area (Å²) in [5, 5.41) is 3.65. The number of aryl methyl sites for hydroxylation is 1. The second kappa shape index (κ2) is 7.01. The van der Waals surface area contributed by atoms with E-state index < -0.39 is 22.5 Å². The van der Waals surface area contributed by atoms with E-state index in [1.807, 2.05) is 6.92 Å². The highest BCUT2D eigenvalue weighted by Gasteiger charge is 2.14. The Bertz CT molecular complexity index is 750. The van der Waals surface area contributed by atoms with Crippen LogP contribution in [0.4, 0.5) is 0 Å². The number of nitrogens with one attached hydrogen (secondary N) is 2. The van der Waals surface area contributed by atoms with Gasteiger partial charge in [0.1, 0.15) is 5.76 Å². The van der Waals surface area contributed by atoms with Crippen LogP contribution in [0.15, 0.2) is 57.1 Å². The van der Waals surface area contributed by atoms with Gasteiger partial charge in [-0.1, -0.05) is 17.7 Å². The van der Waals surface area contributed by atoms with Gasteiger partial charge in [0, 0.05) is 0 Å². The summed E-state index contributed by atoms with van der Waals surface area (Å²) < 4.78 is 31.1. The Balaban J connectivity index is 1.86. The fourth-order valence-electron chi connectivity index (χ4n) is 1.53. The Morgan fingerprint density at radius 1 is 1.27 bits per heavy atom. The molecule has 1 aromatic heterocycles. The Kier molecular flexibility index (Phi) is 5.08. The van der Waals surface area contributed by atoms with Crippen LogP contribution in [0, 0.1) is 6.92 Å². The molecule has 0 unspecified atom stereocenters. The molecule has 0 atom stereocenters. The molecule has 2 aromatic rings. The monoisotopic (exact) mass is 321 g/mol. The predicted molar refractivity (Wildman–Crippen MR) is 80.8 cm³/mol. The number of hydrazone groups is 1. The molecule has 0 saturated carbocycles. The van der Waals surface area contributed by atoms with Gasteiger partial charge in [0.25, 0.3) is 5.91 Å². The second-order valence-electron chi connectivity index (χ2n) is 4.45. The maximum Gasteiger partial charge on any atom is 0.255 e. The van der Waals surface area contributed by atoms with Gasteiger partial charge in [-0.25, -0.2) is 18.6 Å². The Labute approximate surface area is 128 Å². The van der Waals surface area contributed by atoms with Gasteiger partial charge >= 0.3 is 0 Å². The maximum atomic E-state index is 12.0. The fraction of sp³-hybridized carbons (Fsp3) is 0.143. The summed E-state index contributed by atoms with van der Waals surface area (Å²) in [7, 11) is -3.72. The van der Waals surface area contributed by atoms with Crippen molar-refractivity contribution in [1.29, 1.82) is 0 Å². The van der Waals surface area contributed by atoms with E-state index in [0.717, 1.165) is 5.56 Å². The molecule has 8 heteroatoms. The highest BCUT2D eigenvalue weighted by molar-refractivity contribution is 7.89. The lowest BCUT2D eigenvalue weighted by Gasteiger charge is -2.06. The molecule has 1 heterocycles. The number of carbonyl (C=O) groups excluding carboxylic acids is 1. The van der Waals surface area contributed by atoms with Crippen LogP contribution in [0.1, 0.15) is 11.3 Å². The summed E-state index contributed by atoms with van der Waals surface area (Å²) in [5.74, 6) is -0.112. The van der Waals surface area contributed by atoms with Gasteiger partial charge in [0.15, 0.2) is 0 Å². The van der Waals surface area contributed by atoms with Gasteiger partial charge in [0.2, 0.25) is 10.0 Å². The van der Waals surface area contributed by atoms with Crippen molar-refractivity contribution in [2.75, 3.05) is 6.54 Å². The number of benzene rings is 1. The summed E-state index contributed by atoms with van der Waals surface area (Å²) in [6.45, 7) is 1.44. The Morgan fingerprint density at radius 2 is 2.00 bits per heavy atom. The van der Waals surface area contributed by atoms with Crippen LogP contribution < -0.4 is 10.1 Å². The van der Waals surface area contributed by atoms with Crippen LogP contribution >= 0.6 is 0 Å². The number of carbonyl (C=O) groups is 1. The number of nitrogens with zero attached hydrogens (tertiary/aromatic N) is 1.